The molecule has 0 saturated carbocycles. The summed E-state index contributed by atoms with van der Waals surface area (Å²) in [6.45, 7) is 0. The molecule has 0 saturated heterocycles. The minimum atomic E-state index is -3.86. The van der Waals surface area contributed by atoms with E-state index < -0.39 is 10.0 Å². The largest absolute Gasteiger partial charge is 0.276 e. The number of anilines is 1. The lowest BCUT2D eigenvalue weighted by molar-refractivity contribution is 0.601. The lowest BCUT2D eigenvalue weighted by Crippen LogP contribution is -2.13. The maximum Gasteiger partial charge on any atom is 0.263 e. The number of halogens is 3. The second kappa shape index (κ2) is 5.50. The zero-order valence-electron chi connectivity index (χ0n) is 9.14. The first-order valence-electron chi connectivity index (χ1n) is 4.83. The van der Waals surface area contributed by atoms with Crippen LogP contribution in [0.4, 0.5) is 5.69 Å². The van der Waals surface area contributed by atoms with Gasteiger partial charge < -0.3 is 0 Å². The van der Waals surface area contributed by atoms with E-state index in [4.69, 9.17) is 34.8 Å². The summed E-state index contributed by atoms with van der Waals surface area (Å²) in [6.07, 6.45) is 3.84. The van der Waals surface area contributed by atoms with E-state index in [-0.39, 0.29) is 25.8 Å². The van der Waals surface area contributed by atoms with Crippen LogP contribution in [0.2, 0.25) is 15.2 Å². The summed E-state index contributed by atoms with van der Waals surface area (Å²) < 4.78 is 26.4. The van der Waals surface area contributed by atoms with Gasteiger partial charge in [-0.05, 0) is 12.1 Å². The van der Waals surface area contributed by atoms with Crippen molar-refractivity contribution in [2.24, 2.45) is 0 Å². The fraction of sp³-hybridized carbons (Fsp3) is 0. The van der Waals surface area contributed by atoms with Crippen LogP contribution in [0.3, 0.4) is 0 Å². The van der Waals surface area contributed by atoms with E-state index in [1.54, 1.807) is 0 Å². The van der Waals surface area contributed by atoms with Crippen LogP contribution in [0.5, 0.6) is 0 Å². The van der Waals surface area contributed by atoms with Gasteiger partial charge in [0.2, 0.25) is 0 Å². The van der Waals surface area contributed by atoms with Crippen molar-refractivity contribution < 1.29 is 8.42 Å². The molecule has 100 valence electrons. The highest BCUT2D eigenvalue weighted by atomic mass is 35.5. The predicted octanol–water partition coefficient (Wildman–Crippen LogP) is 3.24. The predicted molar refractivity (Wildman–Crippen MR) is 74.3 cm³/mol. The number of nitrogens with one attached hydrogen (secondary N) is 1. The molecule has 0 atom stereocenters. The van der Waals surface area contributed by atoms with E-state index in [0.717, 1.165) is 6.20 Å². The molecule has 9 heteroatoms. The molecule has 5 nitrogen and oxygen atoms in total. The Morgan fingerprint density at radius 3 is 2.47 bits per heavy atom. The molecule has 0 unspecified atom stereocenters. The summed E-state index contributed by atoms with van der Waals surface area (Å²) in [4.78, 5) is 7.33. The second-order valence-corrected chi connectivity index (χ2v) is 6.26. The maximum atomic E-state index is 12.1. The Bertz CT molecular complexity index is 722. The van der Waals surface area contributed by atoms with E-state index in [1.807, 2.05) is 0 Å². The van der Waals surface area contributed by atoms with Crippen LogP contribution < -0.4 is 4.72 Å². The lowest BCUT2D eigenvalue weighted by Gasteiger charge is -2.09. The van der Waals surface area contributed by atoms with Gasteiger partial charge >= 0.3 is 0 Å². The molecule has 0 bridgehead atoms. The Morgan fingerprint density at radius 2 is 1.84 bits per heavy atom. The van der Waals surface area contributed by atoms with Gasteiger partial charge in [-0.2, -0.15) is 0 Å². The molecular formula is C10H6Cl3N3O2S. The van der Waals surface area contributed by atoms with Gasteiger partial charge in [0.05, 0.1) is 21.9 Å². The molecule has 0 amide bonds. The summed E-state index contributed by atoms with van der Waals surface area (Å²) in [6, 6.07) is 2.66. The molecule has 19 heavy (non-hydrogen) atoms. The molecule has 0 radical (unpaired) electrons. The molecule has 0 aliphatic heterocycles. The first-order valence-corrected chi connectivity index (χ1v) is 7.45. The third-order valence-corrected chi connectivity index (χ3v) is 4.44. The minimum absolute atomic E-state index is 0.0278. The Balaban J connectivity index is 2.38. The molecule has 0 spiro atoms. The molecule has 0 aromatic carbocycles. The highest BCUT2D eigenvalue weighted by Crippen LogP contribution is 2.26. The van der Waals surface area contributed by atoms with Crippen LogP contribution in [-0.4, -0.2) is 18.4 Å². The fourth-order valence-electron chi connectivity index (χ4n) is 1.21. The van der Waals surface area contributed by atoms with Gasteiger partial charge in [-0.3, -0.25) is 9.71 Å². The third kappa shape index (κ3) is 3.27. The van der Waals surface area contributed by atoms with Crippen molar-refractivity contribution in [3.8, 4) is 0 Å². The van der Waals surface area contributed by atoms with Crippen molar-refractivity contribution in [3.05, 3.63) is 45.9 Å². The van der Waals surface area contributed by atoms with Gasteiger partial charge in [0, 0.05) is 12.4 Å². The highest BCUT2D eigenvalue weighted by Gasteiger charge is 2.17. The second-order valence-electron chi connectivity index (χ2n) is 3.40. The quantitative estimate of drug-likeness (QED) is 0.872. The van der Waals surface area contributed by atoms with Crippen molar-refractivity contribution in [2.45, 2.75) is 4.90 Å². The molecule has 2 heterocycles. The van der Waals surface area contributed by atoms with E-state index >= 15 is 0 Å². The SMILES string of the molecule is O=S(=O)(Nc1cnccc1Cl)c1cnc(Cl)c(Cl)c1. The molecule has 0 fully saturated rings. The number of hydrogen-bond donors (Lipinski definition) is 1. The van der Waals surface area contributed by atoms with E-state index in [2.05, 4.69) is 14.7 Å². The van der Waals surface area contributed by atoms with Crippen molar-refractivity contribution in [1.82, 2.24) is 9.97 Å². The molecule has 2 aromatic rings. The van der Waals surface area contributed by atoms with Crippen LogP contribution in [-0.2, 0) is 10.0 Å². The number of rotatable bonds is 3. The number of sulfonamides is 1. The topological polar surface area (TPSA) is 72.0 Å². The first kappa shape index (κ1) is 14.3. The fourth-order valence-corrected chi connectivity index (χ4v) is 2.78. The zero-order valence-corrected chi connectivity index (χ0v) is 12.2. The zero-order chi connectivity index (χ0) is 14.0. The van der Waals surface area contributed by atoms with Gasteiger partial charge in [0.15, 0.2) is 0 Å². The van der Waals surface area contributed by atoms with Crippen LogP contribution in [0, 0.1) is 0 Å². The number of aromatic nitrogens is 2. The first-order chi connectivity index (χ1) is 8.90. The van der Waals surface area contributed by atoms with Crippen LogP contribution >= 0.6 is 34.8 Å². The molecule has 2 rings (SSSR count). The van der Waals surface area contributed by atoms with Crippen molar-refractivity contribution in [2.75, 3.05) is 4.72 Å². The van der Waals surface area contributed by atoms with E-state index in [9.17, 15) is 8.42 Å². The normalized spacial score (nSPS) is 11.3. The molecular weight excluding hydrogens is 333 g/mol. The van der Waals surface area contributed by atoms with E-state index in [0.29, 0.717) is 0 Å². The number of hydrogen-bond acceptors (Lipinski definition) is 4. The third-order valence-electron chi connectivity index (χ3n) is 2.09. The number of pyridine rings is 2. The summed E-state index contributed by atoms with van der Waals surface area (Å²) in [5, 5.41) is 0.299. The van der Waals surface area contributed by atoms with Crippen molar-refractivity contribution >= 4 is 50.5 Å². The Morgan fingerprint density at radius 1 is 1.11 bits per heavy atom. The van der Waals surface area contributed by atoms with Crippen molar-refractivity contribution in [3.63, 3.8) is 0 Å². The summed E-state index contributed by atoms with van der Waals surface area (Å²) in [7, 11) is -3.86. The molecule has 0 aliphatic rings. The van der Waals surface area contributed by atoms with Gasteiger partial charge in [0.1, 0.15) is 10.0 Å². The van der Waals surface area contributed by atoms with E-state index in [1.165, 1.54) is 24.5 Å². The smallest absolute Gasteiger partial charge is 0.263 e. The lowest BCUT2D eigenvalue weighted by atomic mass is 10.4. The molecule has 2 aromatic heterocycles. The number of nitrogens with zero attached hydrogens (tertiary/aromatic N) is 2. The monoisotopic (exact) mass is 337 g/mol. The summed E-state index contributed by atoms with van der Waals surface area (Å²) in [5.74, 6) is 0. The van der Waals surface area contributed by atoms with Gasteiger partial charge in [0.25, 0.3) is 10.0 Å². The Labute approximate surface area is 124 Å². The average Bonchev–Trinajstić information content (AvgIpc) is 2.35. The van der Waals surface area contributed by atoms with Gasteiger partial charge in [-0.25, -0.2) is 13.4 Å². The standard InChI is InChI=1S/C10H6Cl3N3O2S/c11-7-1-2-14-5-9(7)16-19(17,18)6-3-8(12)10(13)15-4-6/h1-5,16H. The molecule has 1 N–H and O–H groups in total. The highest BCUT2D eigenvalue weighted by molar-refractivity contribution is 7.92. The van der Waals surface area contributed by atoms with Gasteiger partial charge in [-0.1, -0.05) is 34.8 Å². The van der Waals surface area contributed by atoms with Crippen LogP contribution in [0.15, 0.2) is 35.6 Å². The van der Waals surface area contributed by atoms with Crippen molar-refractivity contribution in [1.29, 1.82) is 0 Å². The summed E-state index contributed by atoms with van der Waals surface area (Å²) >= 11 is 17.2. The van der Waals surface area contributed by atoms with Gasteiger partial charge in [-0.15, -0.1) is 0 Å². The molecule has 0 aliphatic carbocycles. The minimum Gasteiger partial charge on any atom is -0.276 e. The average molecular weight is 339 g/mol. The summed E-state index contributed by atoms with van der Waals surface area (Å²) in [5.41, 5.74) is 0.162. The Hall–Kier alpha value is -1.08. The van der Waals surface area contributed by atoms with Crippen LogP contribution in [0.1, 0.15) is 0 Å². The maximum absolute atomic E-state index is 12.1. The van der Waals surface area contributed by atoms with Crippen LogP contribution in [0.25, 0.3) is 0 Å². The Kier molecular flexibility index (Phi) is 4.15.